The fourth-order valence-corrected chi connectivity index (χ4v) is 1.25. The van der Waals surface area contributed by atoms with Gasteiger partial charge in [0.05, 0.1) is 0 Å². The summed E-state index contributed by atoms with van der Waals surface area (Å²) in [4.78, 5) is 10.9. The number of halogens is 1. The first kappa shape index (κ1) is 12.4. The second-order valence-corrected chi connectivity index (χ2v) is 3.35. The molecule has 0 spiro atoms. The lowest BCUT2D eigenvalue weighted by molar-refractivity contribution is -0.120. The normalized spacial score (nSPS) is 10.1. The zero-order valence-corrected chi connectivity index (χ0v) is 9.09. The Morgan fingerprint density at radius 2 is 2.25 bits per heavy atom. The number of aromatic hydroxyl groups is 1. The van der Waals surface area contributed by atoms with Crippen LogP contribution in [-0.2, 0) is 11.3 Å². The Labute approximate surface area is 93.5 Å². The van der Waals surface area contributed by atoms with Gasteiger partial charge in [-0.2, -0.15) is 0 Å². The Bertz CT molecular complexity index is 369. The fourth-order valence-electron chi connectivity index (χ4n) is 1.25. The molecule has 5 heteroatoms. The minimum atomic E-state index is -0.634. The maximum Gasteiger partial charge on any atom is 0.221 e. The Morgan fingerprint density at radius 3 is 2.94 bits per heavy atom. The van der Waals surface area contributed by atoms with Gasteiger partial charge < -0.3 is 15.7 Å². The minimum Gasteiger partial charge on any atom is -0.505 e. The highest BCUT2D eigenvalue weighted by Crippen LogP contribution is 2.19. The highest BCUT2D eigenvalue weighted by Gasteiger charge is 2.05. The van der Waals surface area contributed by atoms with Crippen molar-refractivity contribution in [3.63, 3.8) is 0 Å². The second-order valence-electron chi connectivity index (χ2n) is 3.35. The van der Waals surface area contributed by atoms with E-state index in [0.29, 0.717) is 25.1 Å². The van der Waals surface area contributed by atoms with Crippen LogP contribution in [0.2, 0.25) is 0 Å². The number of amides is 1. The van der Waals surface area contributed by atoms with Gasteiger partial charge in [-0.25, -0.2) is 4.39 Å². The van der Waals surface area contributed by atoms with Crippen LogP contribution < -0.4 is 10.6 Å². The predicted octanol–water partition coefficient (Wildman–Crippen LogP) is 0.757. The molecule has 1 rings (SSSR count). The third kappa shape index (κ3) is 3.51. The first-order chi connectivity index (χ1) is 7.65. The van der Waals surface area contributed by atoms with Gasteiger partial charge in [-0.15, -0.1) is 0 Å². The van der Waals surface area contributed by atoms with Crippen molar-refractivity contribution in [3.8, 4) is 5.75 Å². The van der Waals surface area contributed by atoms with Crippen LogP contribution in [0.1, 0.15) is 12.0 Å². The maximum atomic E-state index is 12.9. The summed E-state index contributed by atoms with van der Waals surface area (Å²) in [6.07, 6.45) is 0.354. The number of phenols is 1. The van der Waals surface area contributed by atoms with E-state index in [1.54, 1.807) is 13.1 Å². The molecule has 0 aromatic heterocycles. The van der Waals surface area contributed by atoms with Gasteiger partial charge in [0.15, 0.2) is 11.6 Å². The molecule has 1 amide bonds. The zero-order chi connectivity index (χ0) is 12.0. The molecule has 0 aliphatic rings. The Hall–Kier alpha value is -1.62. The average Bonchev–Trinajstić information content (AvgIpc) is 2.29. The molecule has 0 fully saturated rings. The lowest BCUT2D eigenvalue weighted by atomic mass is 10.2. The van der Waals surface area contributed by atoms with Gasteiger partial charge in [-0.1, -0.05) is 12.1 Å². The topological polar surface area (TPSA) is 61.4 Å². The van der Waals surface area contributed by atoms with E-state index in [2.05, 4.69) is 10.6 Å². The van der Waals surface area contributed by atoms with E-state index < -0.39 is 5.82 Å². The highest BCUT2D eigenvalue weighted by molar-refractivity contribution is 5.75. The van der Waals surface area contributed by atoms with Gasteiger partial charge in [0, 0.05) is 32.1 Å². The SMILES string of the molecule is CNC(=O)CCNCc1cccc(F)c1O. The van der Waals surface area contributed by atoms with Crippen LogP contribution in [0.4, 0.5) is 4.39 Å². The molecule has 0 unspecified atom stereocenters. The number of phenolic OH excluding ortho intramolecular Hbond substituents is 1. The van der Waals surface area contributed by atoms with Gasteiger partial charge in [0.2, 0.25) is 5.91 Å². The van der Waals surface area contributed by atoms with Crippen LogP contribution in [0.3, 0.4) is 0 Å². The summed E-state index contributed by atoms with van der Waals surface area (Å²) in [5, 5.41) is 14.8. The number of para-hydroxylation sites is 1. The van der Waals surface area contributed by atoms with E-state index in [4.69, 9.17) is 0 Å². The van der Waals surface area contributed by atoms with E-state index in [1.807, 2.05) is 0 Å². The molecule has 4 nitrogen and oxygen atoms in total. The summed E-state index contributed by atoms with van der Waals surface area (Å²) in [5.74, 6) is -1.03. The number of carbonyl (C=O) groups excluding carboxylic acids is 1. The lowest BCUT2D eigenvalue weighted by Crippen LogP contribution is -2.24. The molecule has 16 heavy (non-hydrogen) atoms. The molecular weight excluding hydrogens is 211 g/mol. The third-order valence-electron chi connectivity index (χ3n) is 2.19. The summed E-state index contributed by atoms with van der Waals surface area (Å²) in [7, 11) is 1.57. The standard InChI is InChI=1S/C11H15FN2O2/c1-13-10(15)5-6-14-7-8-3-2-4-9(12)11(8)16/h2-4,14,16H,5-7H2,1H3,(H,13,15). The largest absolute Gasteiger partial charge is 0.505 e. The van der Waals surface area contributed by atoms with E-state index >= 15 is 0 Å². The van der Waals surface area contributed by atoms with Crippen LogP contribution in [0.15, 0.2) is 18.2 Å². The predicted molar refractivity (Wildman–Crippen MR) is 58.5 cm³/mol. The summed E-state index contributed by atoms with van der Waals surface area (Å²) < 4.78 is 12.9. The van der Waals surface area contributed by atoms with Crippen molar-refractivity contribution < 1.29 is 14.3 Å². The van der Waals surface area contributed by atoms with Crippen molar-refractivity contribution in [2.24, 2.45) is 0 Å². The van der Waals surface area contributed by atoms with Gasteiger partial charge >= 0.3 is 0 Å². The monoisotopic (exact) mass is 226 g/mol. The molecule has 3 N–H and O–H groups in total. The van der Waals surface area contributed by atoms with Crippen molar-refractivity contribution in [2.75, 3.05) is 13.6 Å². The van der Waals surface area contributed by atoms with Crippen LogP contribution in [-0.4, -0.2) is 24.6 Å². The van der Waals surface area contributed by atoms with Crippen molar-refractivity contribution in [3.05, 3.63) is 29.6 Å². The fraction of sp³-hybridized carbons (Fsp3) is 0.364. The first-order valence-corrected chi connectivity index (χ1v) is 5.02. The summed E-state index contributed by atoms with van der Waals surface area (Å²) in [5.41, 5.74) is 0.483. The number of nitrogens with one attached hydrogen (secondary N) is 2. The number of carbonyl (C=O) groups is 1. The molecule has 0 bridgehead atoms. The molecule has 0 saturated heterocycles. The molecule has 0 radical (unpaired) electrons. The quantitative estimate of drug-likeness (QED) is 0.649. The smallest absolute Gasteiger partial charge is 0.221 e. The first-order valence-electron chi connectivity index (χ1n) is 5.02. The molecule has 0 atom stereocenters. The number of hydrogen-bond donors (Lipinski definition) is 3. The molecule has 0 heterocycles. The number of benzene rings is 1. The Balaban J connectivity index is 2.38. The van der Waals surface area contributed by atoms with Gasteiger partial charge in [-0.05, 0) is 6.07 Å². The van der Waals surface area contributed by atoms with E-state index in [1.165, 1.54) is 12.1 Å². The molecule has 88 valence electrons. The molecular formula is C11H15FN2O2. The van der Waals surface area contributed by atoms with E-state index in [0.717, 1.165) is 0 Å². The van der Waals surface area contributed by atoms with E-state index in [-0.39, 0.29) is 11.7 Å². The number of rotatable bonds is 5. The van der Waals surface area contributed by atoms with Crippen LogP contribution >= 0.6 is 0 Å². The van der Waals surface area contributed by atoms with Crippen molar-refractivity contribution >= 4 is 5.91 Å². The van der Waals surface area contributed by atoms with Crippen molar-refractivity contribution in [1.82, 2.24) is 10.6 Å². The van der Waals surface area contributed by atoms with Gasteiger partial charge in [-0.3, -0.25) is 4.79 Å². The molecule has 0 aliphatic heterocycles. The van der Waals surface area contributed by atoms with Gasteiger partial charge in [0.1, 0.15) is 0 Å². The van der Waals surface area contributed by atoms with Crippen LogP contribution in [0.25, 0.3) is 0 Å². The third-order valence-corrected chi connectivity index (χ3v) is 2.19. The second kappa shape index (κ2) is 6.07. The highest BCUT2D eigenvalue weighted by atomic mass is 19.1. The molecule has 0 saturated carbocycles. The van der Waals surface area contributed by atoms with Crippen molar-refractivity contribution in [1.29, 1.82) is 0 Å². The summed E-state index contributed by atoms with van der Waals surface area (Å²) in [6, 6.07) is 4.36. The Kier molecular flexibility index (Phi) is 4.72. The van der Waals surface area contributed by atoms with Crippen LogP contribution in [0, 0.1) is 5.82 Å². The maximum absolute atomic E-state index is 12.9. The van der Waals surface area contributed by atoms with E-state index in [9.17, 15) is 14.3 Å². The lowest BCUT2D eigenvalue weighted by Gasteiger charge is -2.06. The molecule has 0 aliphatic carbocycles. The average molecular weight is 226 g/mol. The van der Waals surface area contributed by atoms with Crippen molar-refractivity contribution in [2.45, 2.75) is 13.0 Å². The zero-order valence-electron chi connectivity index (χ0n) is 9.09. The van der Waals surface area contributed by atoms with Gasteiger partial charge in [0.25, 0.3) is 0 Å². The molecule has 1 aromatic rings. The minimum absolute atomic E-state index is 0.0593. The molecule has 1 aromatic carbocycles. The Morgan fingerprint density at radius 1 is 1.50 bits per heavy atom. The van der Waals surface area contributed by atoms with Crippen LogP contribution in [0.5, 0.6) is 5.75 Å². The summed E-state index contributed by atoms with van der Waals surface area (Å²) >= 11 is 0. The summed E-state index contributed by atoms with van der Waals surface area (Å²) in [6.45, 7) is 0.816. The number of hydrogen-bond acceptors (Lipinski definition) is 3.